The monoisotopic (exact) mass is 545 g/mol. The van der Waals surface area contributed by atoms with Gasteiger partial charge in [-0.15, -0.1) is 0 Å². The molecular weight excluding hydrogens is 498 g/mol. The number of allylic oxidation sites excluding steroid dienone is 6. The van der Waals surface area contributed by atoms with E-state index in [1.54, 1.807) is 11.5 Å². The molecule has 2 aliphatic heterocycles. The molecule has 216 valence electrons. The number of pyridine rings is 1. The van der Waals surface area contributed by atoms with Gasteiger partial charge in [-0.2, -0.15) is 0 Å². The number of likely N-dealkylation sites (N-methyl/N-ethyl adjacent to an activating group) is 1. The molecule has 2 unspecified atom stereocenters. The number of fused-ring (bicyclic) bond motifs is 4. The number of aromatic nitrogens is 1. The normalized spacial score (nSPS) is 24.8. The first kappa shape index (κ1) is 30.1. The number of carbonyl (C=O) groups excluding carboxylic acids is 1. The average molecular weight is 546 g/mol. The first-order valence-electron chi connectivity index (χ1n) is 15.0. The predicted octanol–water partition coefficient (Wildman–Crippen LogP) is 6.02. The Hall–Kier alpha value is -2.83. The van der Waals surface area contributed by atoms with E-state index in [1.165, 1.54) is 29.2 Å². The lowest BCUT2D eigenvalue weighted by molar-refractivity contribution is -0.136. The summed E-state index contributed by atoms with van der Waals surface area (Å²) in [4.78, 5) is 34.2. The minimum Gasteiger partial charge on any atom is -0.377 e. The third-order valence-corrected chi connectivity index (χ3v) is 9.61. The van der Waals surface area contributed by atoms with Gasteiger partial charge in [0, 0.05) is 34.9 Å². The molecule has 0 fully saturated rings. The molecule has 0 spiro atoms. The number of carbonyl (C=O) groups is 1. The minimum absolute atomic E-state index is 0.139. The van der Waals surface area contributed by atoms with Crippen LogP contribution < -0.4 is 5.56 Å². The maximum absolute atomic E-state index is 14.0. The number of nitrogens with zero attached hydrogens (tertiary/aromatic N) is 3. The summed E-state index contributed by atoms with van der Waals surface area (Å²) in [6, 6.07) is 2.06. The maximum Gasteiger partial charge on any atom is 0.254 e. The first-order valence-corrected chi connectivity index (χ1v) is 15.0. The van der Waals surface area contributed by atoms with E-state index in [4.69, 9.17) is 4.99 Å². The van der Waals surface area contributed by atoms with E-state index in [-0.39, 0.29) is 23.8 Å². The molecule has 0 radical (unpaired) electrons. The Labute approximate surface area is 239 Å². The van der Waals surface area contributed by atoms with E-state index in [1.807, 2.05) is 13.0 Å². The second kappa shape index (κ2) is 11.6. The van der Waals surface area contributed by atoms with Crippen molar-refractivity contribution < 1.29 is 9.90 Å². The van der Waals surface area contributed by atoms with E-state index in [9.17, 15) is 14.7 Å². The number of hydrogen-bond donors (Lipinski definition) is 1. The van der Waals surface area contributed by atoms with Crippen molar-refractivity contribution in [2.75, 3.05) is 14.1 Å². The molecule has 4 rings (SSSR count). The van der Waals surface area contributed by atoms with Gasteiger partial charge in [0.2, 0.25) is 0 Å². The molecule has 0 aromatic carbocycles. The topological polar surface area (TPSA) is 74.9 Å². The lowest BCUT2D eigenvalue weighted by Crippen LogP contribution is -2.38. The minimum atomic E-state index is -1.70. The molecule has 1 aliphatic carbocycles. The molecule has 1 aromatic rings. The van der Waals surface area contributed by atoms with Crippen LogP contribution in [-0.4, -0.2) is 46.2 Å². The Kier molecular flexibility index (Phi) is 8.72. The highest BCUT2D eigenvalue weighted by Crippen LogP contribution is 2.37. The Morgan fingerprint density at radius 2 is 1.95 bits per heavy atom. The zero-order chi connectivity index (χ0) is 29.5. The van der Waals surface area contributed by atoms with Gasteiger partial charge in [0.05, 0.1) is 18.0 Å². The van der Waals surface area contributed by atoms with Crippen molar-refractivity contribution in [1.82, 2.24) is 9.47 Å². The van der Waals surface area contributed by atoms with Crippen molar-refractivity contribution in [3.05, 3.63) is 79.0 Å². The molecule has 0 saturated heterocycles. The van der Waals surface area contributed by atoms with Crippen LogP contribution in [0, 0.1) is 5.92 Å². The van der Waals surface area contributed by atoms with Crippen molar-refractivity contribution >= 4 is 11.5 Å². The van der Waals surface area contributed by atoms with Gasteiger partial charge in [-0.25, -0.2) is 0 Å². The number of hydrogen-bond acceptors (Lipinski definition) is 5. The number of aliphatic imine (C=N–C) groups is 1. The molecule has 1 N–H and O–H groups in total. The largest absolute Gasteiger partial charge is 0.377 e. The molecule has 2 bridgehead atoms. The Bertz CT molecular complexity index is 1430. The third kappa shape index (κ3) is 5.05. The maximum atomic E-state index is 14.0. The summed E-state index contributed by atoms with van der Waals surface area (Å²) < 4.78 is 1.81. The highest BCUT2D eigenvalue weighted by molar-refractivity contribution is 6.14. The lowest BCUT2D eigenvalue weighted by atomic mass is 9.83. The summed E-state index contributed by atoms with van der Waals surface area (Å²) in [5.41, 5.74) is 7.94. The summed E-state index contributed by atoms with van der Waals surface area (Å²) >= 11 is 0. The zero-order valence-electron chi connectivity index (χ0n) is 25.9. The number of rotatable bonds is 7. The fraction of sp³-hybridized carbons (Fsp3) is 0.559. The molecule has 40 heavy (non-hydrogen) atoms. The quantitative estimate of drug-likeness (QED) is 0.455. The predicted molar refractivity (Wildman–Crippen MR) is 164 cm³/mol. The molecule has 3 aliphatic rings. The first-order chi connectivity index (χ1) is 18.9. The van der Waals surface area contributed by atoms with Gasteiger partial charge in [0.15, 0.2) is 5.78 Å². The zero-order valence-corrected chi connectivity index (χ0v) is 25.9. The van der Waals surface area contributed by atoms with Crippen LogP contribution in [0.4, 0.5) is 0 Å². The highest BCUT2D eigenvalue weighted by atomic mass is 16.3. The number of Topliss-reactive ketones (excluding diaryl/α,β-unsaturated/α-hetero) is 1. The summed E-state index contributed by atoms with van der Waals surface area (Å²) in [6.07, 6.45) is 8.98. The van der Waals surface area contributed by atoms with Crippen LogP contribution in [-0.2, 0) is 23.4 Å². The molecule has 1 aromatic heterocycles. The van der Waals surface area contributed by atoms with Crippen LogP contribution in [0.2, 0.25) is 0 Å². The second-order valence-electron chi connectivity index (χ2n) is 12.0. The van der Waals surface area contributed by atoms with Gasteiger partial charge in [-0.05, 0) is 107 Å². The van der Waals surface area contributed by atoms with Gasteiger partial charge in [0.1, 0.15) is 5.60 Å². The third-order valence-electron chi connectivity index (χ3n) is 9.61. The van der Waals surface area contributed by atoms with Crippen molar-refractivity contribution in [1.29, 1.82) is 0 Å². The number of aliphatic hydroxyl groups is 1. The van der Waals surface area contributed by atoms with Crippen LogP contribution in [0.15, 0.2) is 61.6 Å². The van der Waals surface area contributed by atoms with Crippen LogP contribution >= 0.6 is 0 Å². The average Bonchev–Trinajstić information content (AvgIpc) is 3.21. The summed E-state index contributed by atoms with van der Waals surface area (Å²) in [6.45, 7) is 14.5. The van der Waals surface area contributed by atoms with E-state index in [0.717, 1.165) is 42.7 Å². The molecule has 0 saturated carbocycles. The van der Waals surface area contributed by atoms with Gasteiger partial charge in [-0.1, -0.05) is 33.8 Å². The van der Waals surface area contributed by atoms with E-state index < -0.39 is 5.60 Å². The van der Waals surface area contributed by atoms with Crippen LogP contribution in [0.1, 0.15) is 97.4 Å². The fourth-order valence-corrected chi connectivity index (χ4v) is 6.75. The van der Waals surface area contributed by atoms with Crippen LogP contribution in [0.25, 0.3) is 0 Å². The summed E-state index contributed by atoms with van der Waals surface area (Å²) in [7, 11) is 4.24. The van der Waals surface area contributed by atoms with Crippen molar-refractivity contribution in [2.24, 2.45) is 10.9 Å². The van der Waals surface area contributed by atoms with Crippen LogP contribution in [0.5, 0.6) is 0 Å². The molecular formula is C34H47N3O3. The molecule has 6 heteroatoms. The highest BCUT2D eigenvalue weighted by Gasteiger charge is 2.39. The fourth-order valence-electron chi connectivity index (χ4n) is 6.75. The van der Waals surface area contributed by atoms with Crippen molar-refractivity contribution in [3.63, 3.8) is 0 Å². The molecule has 3 heterocycles. The molecule has 3 atom stereocenters. The standard InChI is InChI=1S/C34H47N3O3/c1-10-20(4)27-15-14-25-17-24(21(27)5)13-16-30(36(8)9)22(6)28-19-37-31(32(28)35-25)18-29(26(11-2)33(37)39)34(40,12-3)23(7)38/h15,17-18,20,30,40H,10-14,16,19H2,1-9H3/b28-22+,35-32+/t20?,30?,34-/m1/s1. The lowest BCUT2D eigenvalue weighted by Gasteiger charge is -2.28. The summed E-state index contributed by atoms with van der Waals surface area (Å²) in [5.74, 6) is 0.124. The van der Waals surface area contributed by atoms with E-state index in [0.29, 0.717) is 35.7 Å². The van der Waals surface area contributed by atoms with E-state index >= 15 is 0 Å². The van der Waals surface area contributed by atoms with Gasteiger partial charge in [0.25, 0.3) is 5.56 Å². The van der Waals surface area contributed by atoms with Crippen molar-refractivity contribution in [2.45, 2.75) is 105 Å². The summed E-state index contributed by atoms with van der Waals surface area (Å²) in [5, 5.41) is 11.5. The Morgan fingerprint density at radius 1 is 1.25 bits per heavy atom. The number of ketones is 1. The van der Waals surface area contributed by atoms with Gasteiger partial charge < -0.3 is 14.6 Å². The Balaban J connectivity index is 2.05. The Morgan fingerprint density at radius 3 is 2.52 bits per heavy atom. The van der Waals surface area contributed by atoms with Crippen LogP contribution in [0.3, 0.4) is 0 Å². The molecule has 6 nitrogen and oxygen atoms in total. The van der Waals surface area contributed by atoms with E-state index in [2.05, 4.69) is 58.8 Å². The van der Waals surface area contributed by atoms with Gasteiger partial charge >= 0.3 is 0 Å². The van der Waals surface area contributed by atoms with Crippen molar-refractivity contribution in [3.8, 4) is 0 Å². The molecule has 0 amide bonds. The smallest absolute Gasteiger partial charge is 0.254 e. The SMILES string of the molecule is CCc1c([C@@](O)(CC)C(C)=O)cc2n(c1=O)CC1=C(/C)C(N(C)C)CCC3=C(C)C(C(C)CC)=CCC(=C3)/N=C\12. The second-order valence-corrected chi connectivity index (χ2v) is 12.0. The van der Waals surface area contributed by atoms with Gasteiger partial charge in [-0.3, -0.25) is 14.6 Å².